The van der Waals surface area contributed by atoms with Gasteiger partial charge in [-0.25, -0.2) is 17.2 Å². The number of hydrogen-bond donors (Lipinski definition) is 0. The molecule has 1 aliphatic heterocycles. The van der Waals surface area contributed by atoms with Crippen molar-refractivity contribution < 1.29 is 21.7 Å². The second kappa shape index (κ2) is 5.10. The van der Waals surface area contributed by atoms with Crippen LogP contribution in [0.2, 0.25) is 0 Å². The number of nitrogens with zero attached hydrogens (tertiary/aromatic N) is 3. The van der Waals surface area contributed by atoms with Gasteiger partial charge in [0.1, 0.15) is 6.04 Å². The zero-order valence-electron chi connectivity index (χ0n) is 11.6. The molecule has 0 spiro atoms. The Labute approximate surface area is 125 Å². The van der Waals surface area contributed by atoms with Crippen LogP contribution >= 0.6 is 0 Å². The maximum Gasteiger partial charge on any atom is 0.263 e. The molecule has 0 amide bonds. The highest BCUT2D eigenvalue weighted by atomic mass is 32.2. The maximum atomic E-state index is 13.8. The lowest BCUT2D eigenvalue weighted by atomic mass is 10.2. The summed E-state index contributed by atoms with van der Waals surface area (Å²) >= 11 is 0. The summed E-state index contributed by atoms with van der Waals surface area (Å²) in [4.78, 5) is 3.85. The Morgan fingerprint density at radius 3 is 2.59 bits per heavy atom. The molecule has 0 radical (unpaired) electrons. The van der Waals surface area contributed by atoms with Gasteiger partial charge in [0.25, 0.3) is 5.92 Å². The maximum absolute atomic E-state index is 13.8. The summed E-state index contributed by atoms with van der Waals surface area (Å²) in [6.07, 6.45) is -0.680. The first-order valence-corrected chi connectivity index (χ1v) is 7.98. The average molecular weight is 329 g/mol. The number of sulfonamides is 1. The van der Waals surface area contributed by atoms with E-state index >= 15 is 0 Å². The summed E-state index contributed by atoms with van der Waals surface area (Å²) in [6.45, 7) is 0.631. The van der Waals surface area contributed by atoms with Crippen LogP contribution in [0.3, 0.4) is 0 Å². The Balaban J connectivity index is 2.03. The van der Waals surface area contributed by atoms with Gasteiger partial charge in [-0.3, -0.25) is 0 Å². The number of halogens is 2. The fraction of sp³-hybridized carbons (Fsp3) is 0.385. The van der Waals surface area contributed by atoms with E-state index in [2.05, 4.69) is 10.1 Å². The highest BCUT2D eigenvalue weighted by molar-refractivity contribution is 7.89. The molecule has 0 unspecified atom stereocenters. The Morgan fingerprint density at radius 1 is 1.32 bits per heavy atom. The van der Waals surface area contributed by atoms with Crippen LogP contribution in [0.25, 0.3) is 0 Å². The average Bonchev–Trinajstić information content (AvgIpc) is 3.03. The van der Waals surface area contributed by atoms with Crippen molar-refractivity contribution in [3.8, 4) is 0 Å². The topological polar surface area (TPSA) is 76.3 Å². The second-order valence-electron chi connectivity index (χ2n) is 5.12. The van der Waals surface area contributed by atoms with E-state index in [1.165, 1.54) is 31.2 Å². The Bertz CT molecular complexity index is 777. The van der Waals surface area contributed by atoms with Gasteiger partial charge < -0.3 is 4.52 Å². The Hall–Kier alpha value is -1.87. The van der Waals surface area contributed by atoms with Crippen molar-refractivity contribution in [3.63, 3.8) is 0 Å². The van der Waals surface area contributed by atoms with Gasteiger partial charge in [-0.15, -0.1) is 0 Å². The van der Waals surface area contributed by atoms with Crippen LogP contribution in [0.4, 0.5) is 8.78 Å². The molecule has 0 saturated carbocycles. The van der Waals surface area contributed by atoms with E-state index in [0.717, 1.165) is 4.31 Å². The molecular formula is C13H13F2N3O3S. The highest BCUT2D eigenvalue weighted by Crippen LogP contribution is 2.43. The van der Waals surface area contributed by atoms with E-state index in [4.69, 9.17) is 4.52 Å². The minimum Gasteiger partial charge on any atom is -0.338 e. The van der Waals surface area contributed by atoms with E-state index < -0.39 is 35.0 Å². The lowest BCUT2D eigenvalue weighted by molar-refractivity contribution is 0.0166. The van der Waals surface area contributed by atoms with Crippen molar-refractivity contribution >= 4 is 10.0 Å². The summed E-state index contributed by atoms with van der Waals surface area (Å²) < 4.78 is 58.4. The summed E-state index contributed by atoms with van der Waals surface area (Å²) in [5.74, 6) is -2.99. The normalized spacial score (nSPS) is 22.0. The Kier molecular flexibility index (Phi) is 3.48. The van der Waals surface area contributed by atoms with Gasteiger partial charge in [0.15, 0.2) is 5.82 Å². The number of aryl methyl sites for hydroxylation is 1. The fourth-order valence-corrected chi connectivity index (χ4v) is 4.06. The minimum atomic E-state index is -4.07. The summed E-state index contributed by atoms with van der Waals surface area (Å²) in [6, 6.07) is 6.28. The van der Waals surface area contributed by atoms with Crippen molar-refractivity contribution in [1.29, 1.82) is 0 Å². The van der Waals surface area contributed by atoms with Crippen LogP contribution in [-0.4, -0.2) is 35.3 Å². The van der Waals surface area contributed by atoms with Crippen molar-refractivity contribution in [2.45, 2.75) is 30.2 Å². The van der Waals surface area contributed by atoms with Crippen LogP contribution in [-0.2, 0) is 10.0 Å². The molecule has 2 heterocycles. The number of hydrogen-bond acceptors (Lipinski definition) is 5. The molecule has 1 aliphatic rings. The van der Waals surface area contributed by atoms with E-state index in [1.54, 1.807) is 6.07 Å². The molecule has 3 rings (SSSR count). The molecule has 2 aromatic rings. The predicted molar refractivity (Wildman–Crippen MR) is 71.7 cm³/mol. The van der Waals surface area contributed by atoms with Crippen molar-refractivity contribution in [1.82, 2.24) is 14.4 Å². The third kappa shape index (κ3) is 2.61. The molecule has 9 heteroatoms. The zero-order valence-corrected chi connectivity index (χ0v) is 12.4. The summed E-state index contributed by atoms with van der Waals surface area (Å²) in [5, 5.41) is 3.55. The smallest absolute Gasteiger partial charge is 0.263 e. The molecule has 6 nitrogen and oxygen atoms in total. The van der Waals surface area contributed by atoms with Crippen molar-refractivity contribution in [2.75, 3.05) is 6.54 Å². The largest absolute Gasteiger partial charge is 0.338 e. The van der Waals surface area contributed by atoms with E-state index in [0.29, 0.717) is 0 Å². The minimum absolute atomic E-state index is 0.0473. The van der Waals surface area contributed by atoms with Crippen LogP contribution in [0.5, 0.6) is 0 Å². The molecule has 1 saturated heterocycles. The number of benzene rings is 1. The van der Waals surface area contributed by atoms with Gasteiger partial charge in [-0.05, 0) is 19.1 Å². The molecule has 118 valence electrons. The number of rotatable bonds is 3. The predicted octanol–water partition coefficient (Wildman–Crippen LogP) is 2.15. The first kappa shape index (κ1) is 15.0. The lowest BCUT2D eigenvalue weighted by Crippen LogP contribution is -2.33. The molecule has 0 N–H and O–H groups in total. The first-order valence-electron chi connectivity index (χ1n) is 6.54. The molecule has 22 heavy (non-hydrogen) atoms. The van der Waals surface area contributed by atoms with Crippen LogP contribution in [0, 0.1) is 6.92 Å². The first-order chi connectivity index (χ1) is 10.3. The molecule has 1 aromatic heterocycles. The van der Waals surface area contributed by atoms with E-state index in [1.807, 2.05) is 0 Å². The third-order valence-electron chi connectivity index (χ3n) is 3.40. The highest BCUT2D eigenvalue weighted by Gasteiger charge is 2.52. The Morgan fingerprint density at radius 2 is 2.00 bits per heavy atom. The lowest BCUT2D eigenvalue weighted by Gasteiger charge is -2.20. The van der Waals surface area contributed by atoms with Gasteiger partial charge in [0.2, 0.25) is 15.9 Å². The fourth-order valence-electron chi connectivity index (χ4n) is 2.43. The third-order valence-corrected chi connectivity index (χ3v) is 5.27. The summed E-state index contributed by atoms with van der Waals surface area (Å²) in [7, 11) is -4.07. The van der Waals surface area contributed by atoms with Gasteiger partial charge >= 0.3 is 0 Å². The molecule has 1 aromatic carbocycles. The van der Waals surface area contributed by atoms with E-state index in [-0.39, 0.29) is 16.6 Å². The molecular weight excluding hydrogens is 316 g/mol. The van der Waals surface area contributed by atoms with Gasteiger partial charge in [0, 0.05) is 6.42 Å². The SMILES string of the molecule is Cc1noc([C@@H]2CC(F)(F)CN2S(=O)(=O)c2ccccc2)n1. The van der Waals surface area contributed by atoms with Crippen LogP contribution in [0.1, 0.15) is 24.2 Å². The molecule has 0 bridgehead atoms. The standard InChI is InChI=1S/C13H13F2N3O3S/c1-9-16-12(21-17-9)11-7-13(14,15)8-18(11)22(19,20)10-5-3-2-4-6-10/h2-6,11H,7-8H2,1H3/t11-/m0/s1. The van der Waals surface area contributed by atoms with E-state index in [9.17, 15) is 17.2 Å². The molecule has 1 fully saturated rings. The molecule has 1 atom stereocenters. The van der Waals surface area contributed by atoms with Gasteiger partial charge in [-0.1, -0.05) is 23.4 Å². The second-order valence-corrected chi connectivity index (χ2v) is 7.01. The molecule has 0 aliphatic carbocycles. The van der Waals surface area contributed by atoms with Crippen LogP contribution in [0.15, 0.2) is 39.8 Å². The van der Waals surface area contributed by atoms with Crippen molar-refractivity contribution in [3.05, 3.63) is 42.0 Å². The summed E-state index contributed by atoms with van der Waals surface area (Å²) in [5.41, 5.74) is 0. The van der Waals surface area contributed by atoms with Gasteiger partial charge in [-0.2, -0.15) is 9.29 Å². The monoisotopic (exact) mass is 329 g/mol. The van der Waals surface area contributed by atoms with Crippen molar-refractivity contribution in [2.24, 2.45) is 0 Å². The quantitative estimate of drug-likeness (QED) is 0.862. The number of aromatic nitrogens is 2. The zero-order chi connectivity index (χ0) is 16.0. The van der Waals surface area contributed by atoms with Gasteiger partial charge in [0.05, 0.1) is 11.4 Å². The van der Waals surface area contributed by atoms with Crippen LogP contribution < -0.4 is 0 Å². The number of alkyl halides is 2.